The number of aromatic amines is 1. The molecule has 3 aromatic heterocycles. The minimum absolute atomic E-state index is 0.0771. The van der Waals surface area contributed by atoms with Gasteiger partial charge in [-0.2, -0.15) is 4.98 Å². The lowest BCUT2D eigenvalue weighted by Gasteiger charge is -2.21. The molecule has 0 saturated carbocycles. The number of anilines is 2. The third kappa shape index (κ3) is 6.33. The van der Waals surface area contributed by atoms with E-state index in [2.05, 4.69) is 42.7 Å². The van der Waals surface area contributed by atoms with Gasteiger partial charge >= 0.3 is 11.7 Å². The summed E-state index contributed by atoms with van der Waals surface area (Å²) in [6.45, 7) is 3.81. The molecule has 45 heavy (non-hydrogen) atoms. The number of nitrogens with one attached hydrogen (secondary N) is 3. The van der Waals surface area contributed by atoms with E-state index in [9.17, 15) is 19.2 Å². The highest BCUT2D eigenvalue weighted by Crippen LogP contribution is 2.38. The van der Waals surface area contributed by atoms with Crippen molar-refractivity contribution < 1.29 is 14.7 Å². The van der Waals surface area contributed by atoms with Gasteiger partial charge in [0.25, 0.3) is 5.56 Å². The summed E-state index contributed by atoms with van der Waals surface area (Å²) in [5.74, 6) is -1.67. The Morgan fingerprint density at radius 3 is 2.33 bits per heavy atom. The van der Waals surface area contributed by atoms with Crippen LogP contribution in [0, 0.1) is 13.8 Å². The molecule has 1 aliphatic rings. The molecule has 0 spiro atoms. The summed E-state index contributed by atoms with van der Waals surface area (Å²) in [6.07, 6.45) is 6.80. The molecule has 5 aromatic rings. The number of aliphatic carboxylic acids is 1. The molecule has 0 saturated heterocycles. The summed E-state index contributed by atoms with van der Waals surface area (Å²) >= 11 is 1.11. The second-order valence-corrected chi connectivity index (χ2v) is 11.5. The summed E-state index contributed by atoms with van der Waals surface area (Å²) in [5.41, 5.74) is 5.53. The number of aromatic nitrogens is 5. The Balaban J connectivity index is 1.30. The average Bonchev–Trinajstić information content (AvgIpc) is 3.36. The lowest BCUT2D eigenvalue weighted by atomic mass is 9.82. The minimum atomic E-state index is -1.02. The summed E-state index contributed by atoms with van der Waals surface area (Å²) in [4.78, 5) is 65.0. The zero-order valence-electron chi connectivity index (χ0n) is 24.2. The van der Waals surface area contributed by atoms with Crippen LogP contribution in [0.15, 0.2) is 69.8 Å². The van der Waals surface area contributed by atoms with E-state index in [0.29, 0.717) is 11.3 Å². The van der Waals surface area contributed by atoms with Gasteiger partial charge in [-0.05, 0) is 36.1 Å². The molecular weight excluding hydrogens is 594 g/mol. The molecule has 0 radical (unpaired) electrons. The Morgan fingerprint density at radius 1 is 0.978 bits per heavy atom. The summed E-state index contributed by atoms with van der Waals surface area (Å²) in [6, 6.07) is 13.7. The molecular formula is C32H27N7O5S. The number of fused-ring (bicyclic) bond motifs is 2. The number of carbonyl (C=O) groups excluding carboxylic acids is 1. The van der Waals surface area contributed by atoms with Crippen molar-refractivity contribution in [3.63, 3.8) is 0 Å². The lowest BCUT2D eigenvalue weighted by Crippen LogP contribution is -2.33. The number of thiazole rings is 1. The summed E-state index contributed by atoms with van der Waals surface area (Å²) in [7, 11) is 0. The van der Waals surface area contributed by atoms with Gasteiger partial charge in [-0.3, -0.25) is 23.9 Å². The monoisotopic (exact) mass is 621 g/mol. The molecule has 0 aliphatic heterocycles. The second-order valence-electron chi connectivity index (χ2n) is 10.6. The third-order valence-corrected chi connectivity index (χ3v) is 8.06. The molecule has 2 aromatic carbocycles. The van der Waals surface area contributed by atoms with Gasteiger partial charge in [-0.25, -0.2) is 14.8 Å². The number of benzene rings is 2. The van der Waals surface area contributed by atoms with Crippen molar-refractivity contribution in [2.24, 2.45) is 0 Å². The van der Waals surface area contributed by atoms with E-state index >= 15 is 0 Å². The van der Waals surface area contributed by atoms with E-state index in [4.69, 9.17) is 5.11 Å². The molecule has 12 nitrogen and oxygen atoms in total. The fourth-order valence-corrected chi connectivity index (χ4v) is 5.96. The first-order chi connectivity index (χ1) is 21.6. The molecule has 4 N–H and O–H groups in total. The molecule has 1 aliphatic carbocycles. The van der Waals surface area contributed by atoms with Gasteiger partial charge < -0.3 is 15.7 Å². The van der Waals surface area contributed by atoms with E-state index in [1.54, 1.807) is 5.38 Å². The van der Waals surface area contributed by atoms with Crippen LogP contribution in [-0.2, 0) is 16.0 Å². The van der Waals surface area contributed by atoms with Crippen LogP contribution < -0.4 is 21.9 Å². The Morgan fingerprint density at radius 2 is 1.67 bits per heavy atom. The van der Waals surface area contributed by atoms with Crippen molar-refractivity contribution in [2.75, 3.05) is 17.2 Å². The highest BCUT2D eigenvalue weighted by Gasteiger charge is 2.27. The van der Waals surface area contributed by atoms with Crippen LogP contribution in [0.3, 0.4) is 0 Å². The minimum Gasteiger partial charge on any atom is -0.481 e. The number of aryl methyl sites for hydroxylation is 2. The van der Waals surface area contributed by atoms with Gasteiger partial charge in [0.2, 0.25) is 11.9 Å². The molecule has 226 valence electrons. The fourth-order valence-electron chi connectivity index (χ4n) is 5.24. The van der Waals surface area contributed by atoms with Crippen LogP contribution in [0.2, 0.25) is 0 Å². The molecule has 1 amide bonds. The van der Waals surface area contributed by atoms with Crippen molar-refractivity contribution >= 4 is 46.4 Å². The first-order valence-corrected chi connectivity index (χ1v) is 14.8. The highest BCUT2D eigenvalue weighted by atomic mass is 32.1. The van der Waals surface area contributed by atoms with E-state index < -0.39 is 29.0 Å². The number of rotatable bonds is 8. The zero-order chi connectivity index (χ0) is 31.7. The average molecular weight is 622 g/mol. The predicted molar refractivity (Wildman–Crippen MR) is 171 cm³/mol. The Kier molecular flexibility index (Phi) is 7.92. The quantitative estimate of drug-likeness (QED) is 0.198. The van der Waals surface area contributed by atoms with Crippen molar-refractivity contribution in [1.82, 2.24) is 24.5 Å². The van der Waals surface area contributed by atoms with E-state index in [1.165, 1.54) is 23.0 Å². The van der Waals surface area contributed by atoms with E-state index in [-0.39, 0.29) is 29.9 Å². The van der Waals surface area contributed by atoms with Gasteiger partial charge in [-0.1, -0.05) is 59.7 Å². The van der Waals surface area contributed by atoms with Crippen LogP contribution in [0.4, 0.5) is 11.1 Å². The normalized spacial score (nSPS) is 12.2. The summed E-state index contributed by atoms with van der Waals surface area (Å²) in [5, 5.41) is 16.1. The Bertz CT molecular complexity index is 2060. The smallest absolute Gasteiger partial charge is 0.334 e. The number of H-pyrrole nitrogens is 1. The first-order valence-electron chi connectivity index (χ1n) is 13.9. The summed E-state index contributed by atoms with van der Waals surface area (Å²) < 4.78 is 1.25. The molecule has 0 unspecified atom stereocenters. The number of amides is 1. The van der Waals surface area contributed by atoms with Gasteiger partial charge in [-0.15, -0.1) is 11.3 Å². The van der Waals surface area contributed by atoms with E-state index in [1.807, 2.05) is 50.3 Å². The van der Waals surface area contributed by atoms with Crippen LogP contribution >= 0.6 is 11.3 Å². The number of hydrogen-bond acceptors (Lipinski definition) is 9. The van der Waals surface area contributed by atoms with Gasteiger partial charge in [0, 0.05) is 35.3 Å². The van der Waals surface area contributed by atoms with Crippen LogP contribution in [0.1, 0.15) is 50.6 Å². The fraction of sp³-hybridized carbons (Fsp3) is 0.156. The topological polar surface area (TPSA) is 172 Å². The Labute approximate surface area is 260 Å². The number of hydrogen-bond donors (Lipinski definition) is 4. The number of carboxylic acid groups (broad SMARTS) is 1. The molecule has 3 heterocycles. The maximum absolute atomic E-state index is 13.4. The largest absolute Gasteiger partial charge is 0.481 e. The zero-order valence-corrected chi connectivity index (χ0v) is 25.0. The highest BCUT2D eigenvalue weighted by molar-refractivity contribution is 7.13. The molecule has 0 bridgehead atoms. The van der Waals surface area contributed by atoms with Gasteiger partial charge in [0.15, 0.2) is 5.13 Å². The second kappa shape index (κ2) is 12.1. The Hall–Kier alpha value is -5.69. The van der Waals surface area contributed by atoms with Gasteiger partial charge in [0.05, 0.1) is 18.7 Å². The van der Waals surface area contributed by atoms with Gasteiger partial charge in [0.1, 0.15) is 5.82 Å². The number of nitrogens with zero attached hydrogens (tertiary/aromatic N) is 4. The van der Waals surface area contributed by atoms with Crippen LogP contribution in [0.25, 0.3) is 18.0 Å². The predicted octanol–water partition coefficient (Wildman–Crippen LogP) is 3.73. The lowest BCUT2D eigenvalue weighted by molar-refractivity contribution is -0.136. The van der Waals surface area contributed by atoms with Crippen molar-refractivity contribution in [2.45, 2.75) is 26.2 Å². The molecule has 0 atom stereocenters. The van der Waals surface area contributed by atoms with Crippen LogP contribution in [0.5, 0.6) is 0 Å². The third-order valence-electron chi connectivity index (χ3n) is 7.25. The maximum Gasteiger partial charge on any atom is 0.334 e. The molecule has 13 heteroatoms. The number of carbonyl (C=O) groups is 2. The van der Waals surface area contributed by atoms with Crippen LogP contribution in [-0.4, -0.2) is 48.0 Å². The number of carboxylic acids is 1. The molecule has 6 rings (SSSR count). The van der Waals surface area contributed by atoms with Crippen molar-refractivity contribution in [3.05, 3.63) is 126 Å². The SMILES string of the molecule is Cc1ccc2c(c1)C=Cc1cc(C)ccc1C2c1cn(-c2ccnc(NCC(=O)Nc3nc(CC(=O)O)cs3)n2)c(=O)[nH]c1=O. The van der Waals surface area contributed by atoms with Crippen molar-refractivity contribution in [1.29, 1.82) is 0 Å². The van der Waals surface area contributed by atoms with Crippen molar-refractivity contribution in [3.8, 4) is 5.82 Å². The van der Waals surface area contributed by atoms with E-state index in [0.717, 1.165) is 44.7 Å². The standard InChI is InChI=1S/C32H27N7O5S/c1-17-3-7-22-19(11-17)5-6-20-12-18(2)4-8-23(20)28(22)24-15-39(32(44)38-29(24)43)25-9-10-33-30(36-25)34-14-26(40)37-31-35-21(16-45-31)13-27(41)42/h3-12,15-16,28H,13-14H2,1-2H3,(H,41,42)(H,33,34,36)(H,35,37,40)(H,38,43,44). The maximum atomic E-state index is 13.4. The first kappa shape index (κ1) is 29.4. The molecule has 0 fully saturated rings.